The van der Waals surface area contributed by atoms with Crippen molar-refractivity contribution >= 4 is 11.9 Å². The molecule has 0 aromatic heterocycles. The van der Waals surface area contributed by atoms with E-state index in [1.54, 1.807) is 0 Å². The maximum Gasteiger partial charge on any atom is 0.306 e. The quantitative estimate of drug-likeness (QED) is 0.0500. The Morgan fingerprint density at radius 2 is 0.725 bits per heavy atom. The fourth-order valence-corrected chi connectivity index (χ4v) is 7.15. The molecule has 0 aliphatic rings. The first-order valence-electron chi connectivity index (χ1n) is 22.7. The van der Waals surface area contributed by atoms with E-state index in [4.69, 9.17) is 9.47 Å². The fraction of sp³-hybridized carbons (Fsp3) is 0.956. The minimum absolute atomic E-state index is 0.000646. The molecule has 0 aliphatic heterocycles. The second-order valence-electron chi connectivity index (χ2n) is 15.6. The van der Waals surface area contributed by atoms with Crippen LogP contribution in [0.3, 0.4) is 0 Å². The Labute approximate surface area is 318 Å². The Kier molecular flexibility index (Phi) is 39.2. The zero-order chi connectivity index (χ0) is 37.5. The summed E-state index contributed by atoms with van der Waals surface area (Å²) in [5.74, 6) is -0.0552. The van der Waals surface area contributed by atoms with Gasteiger partial charge in [0.25, 0.3) is 0 Å². The smallest absolute Gasteiger partial charge is 0.306 e. The monoisotopic (exact) mass is 724 g/mol. The molecule has 0 spiro atoms. The van der Waals surface area contributed by atoms with Crippen molar-refractivity contribution in [2.75, 3.05) is 26.2 Å². The number of ether oxygens (including phenoxy) is 2. The van der Waals surface area contributed by atoms with E-state index in [-0.39, 0.29) is 30.8 Å². The molecule has 304 valence electrons. The van der Waals surface area contributed by atoms with Crippen molar-refractivity contribution in [1.29, 1.82) is 0 Å². The van der Waals surface area contributed by atoms with E-state index in [9.17, 15) is 14.7 Å². The molecule has 0 aromatic rings. The summed E-state index contributed by atoms with van der Waals surface area (Å²) in [5.41, 5.74) is 0. The lowest BCUT2D eigenvalue weighted by Crippen LogP contribution is -2.29. The lowest BCUT2D eigenvalue weighted by atomic mass is 10.0. The molecule has 0 bridgehead atoms. The van der Waals surface area contributed by atoms with Gasteiger partial charge in [0.2, 0.25) is 0 Å². The molecule has 51 heavy (non-hydrogen) atoms. The first-order valence-corrected chi connectivity index (χ1v) is 22.7. The van der Waals surface area contributed by atoms with E-state index in [0.29, 0.717) is 19.4 Å². The van der Waals surface area contributed by atoms with Crippen molar-refractivity contribution in [1.82, 2.24) is 4.90 Å². The molecule has 0 aliphatic carbocycles. The summed E-state index contributed by atoms with van der Waals surface area (Å²) in [4.78, 5) is 27.7. The molecule has 0 aromatic carbocycles. The van der Waals surface area contributed by atoms with Crippen LogP contribution in [-0.4, -0.2) is 60.4 Å². The van der Waals surface area contributed by atoms with Crippen molar-refractivity contribution < 1.29 is 24.2 Å². The molecule has 0 heterocycles. The van der Waals surface area contributed by atoms with Gasteiger partial charge < -0.3 is 19.5 Å². The molecular weight excluding hydrogens is 634 g/mol. The number of hydrogen-bond donors (Lipinski definition) is 1. The van der Waals surface area contributed by atoms with Crippen LogP contribution in [-0.2, 0) is 19.1 Å². The number of unbranched alkanes of at least 4 members (excludes halogenated alkanes) is 21. The largest absolute Gasteiger partial charge is 0.462 e. The van der Waals surface area contributed by atoms with Gasteiger partial charge in [0.1, 0.15) is 12.2 Å². The van der Waals surface area contributed by atoms with Gasteiger partial charge in [-0.3, -0.25) is 9.59 Å². The highest BCUT2D eigenvalue weighted by Gasteiger charge is 2.16. The first kappa shape index (κ1) is 49.9. The van der Waals surface area contributed by atoms with E-state index < -0.39 is 0 Å². The highest BCUT2D eigenvalue weighted by atomic mass is 16.5. The summed E-state index contributed by atoms with van der Waals surface area (Å²) in [6.07, 6.45) is 37.7. The maximum atomic E-state index is 12.7. The Hall–Kier alpha value is -1.14. The predicted molar refractivity (Wildman–Crippen MR) is 218 cm³/mol. The third-order valence-corrected chi connectivity index (χ3v) is 10.5. The second-order valence-corrected chi connectivity index (χ2v) is 15.6. The van der Waals surface area contributed by atoms with Gasteiger partial charge in [-0.05, 0) is 83.7 Å². The molecule has 6 heteroatoms. The van der Waals surface area contributed by atoms with Crippen molar-refractivity contribution in [3.8, 4) is 0 Å². The van der Waals surface area contributed by atoms with E-state index in [0.717, 1.165) is 90.1 Å². The van der Waals surface area contributed by atoms with Crippen molar-refractivity contribution in [2.24, 2.45) is 0 Å². The number of esters is 2. The average molecular weight is 724 g/mol. The molecule has 0 amide bonds. The Morgan fingerprint density at radius 3 is 1.16 bits per heavy atom. The van der Waals surface area contributed by atoms with Gasteiger partial charge in [0.05, 0.1) is 6.61 Å². The van der Waals surface area contributed by atoms with Gasteiger partial charge in [-0.1, -0.05) is 156 Å². The summed E-state index contributed by atoms with van der Waals surface area (Å²) in [5, 5.41) is 9.61. The van der Waals surface area contributed by atoms with Crippen LogP contribution in [0.25, 0.3) is 0 Å². The van der Waals surface area contributed by atoms with Gasteiger partial charge in [-0.25, -0.2) is 0 Å². The van der Waals surface area contributed by atoms with Crippen LogP contribution >= 0.6 is 0 Å². The fourth-order valence-electron chi connectivity index (χ4n) is 7.15. The zero-order valence-electron chi connectivity index (χ0n) is 34.8. The Morgan fingerprint density at radius 1 is 0.412 bits per heavy atom. The van der Waals surface area contributed by atoms with Gasteiger partial charge in [-0.2, -0.15) is 0 Å². The van der Waals surface area contributed by atoms with Crippen molar-refractivity contribution in [3.63, 3.8) is 0 Å². The van der Waals surface area contributed by atoms with Gasteiger partial charge >= 0.3 is 11.9 Å². The minimum atomic E-state index is -0.0545. The number of carbonyl (C=O) groups is 2. The molecule has 1 atom stereocenters. The molecule has 0 radical (unpaired) electrons. The standard InChI is InChI=1S/C45H89NO5/c1-5-9-13-16-20-26-33-42(32-25-12-8-4)51-45(49)37-31-39-46(40-41-47)38-30-24-19-23-29-36-44(48)50-43(34-27-21-17-14-10-6-2)35-28-22-18-15-11-7-3/h42-43,47H,5-41H2,1-4H3. The molecule has 1 unspecified atom stereocenters. The number of hydrogen-bond acceptors (Lipinski definition) is 6. The van der Waals surface area contributed by atoms with Crippen LogP contribution < -0.4 is 0 Å². The highest BCUT2D eigenvalue weighted by Crippen LogP contribution is 2.19. The van der Waals surface area contributed by atoms with Crippen LogP contribution in [0, 0.1) is 0 Å². The Bertz CT molecular complexity index is 715. The highest BCUT2D eigenvalue weighted by molar-refractivity contribution is 5.69. The SMILES string of the molecule is CCCCCCCCC(CCCCCCCC)OC(=O)CCCCCCCN(CCO)CCCC(=O)OC(CCCCC)CCCCCCCC. The number of carbonyl (C=O) groups excluding carboxylic acids is 2. The number of aliphatic hydroxyl groups excluding tert-OH is 1. The van der Waals surface area contributed by atoms with E-state index in [2.05, 4.69) is 32.6 Å². The normalized spacial score (nSPS) is 12.2. The summed E-state index contributed by atoms with van der Waals surface area (Å²) in [7, 11) is 0. The third-order valence-electron chi connectivity index (χ3n) is 10.5. The predicted octanol–water partition coefficient (Wildman–Crippen LogP) is 13.1. The van der Waals surface area contributed by atoms with Gasteiger partial charge in [0, 0.05) is 19.4 Å². The second kappa shape index (κ2) is 40.1. The number of aliphatic hydroxyl groups is 1. The van der Waals surface area contributed by atoms with Crippen LogP contribution in [0.1, 0.15) is 240 Å². The number of rotatable bonds is 41. The van der Waals surface area contributed by atoms with Gasteiger partial charge in [0.15, 0.2) is 0 Å². The molecule has 0 saturated carbocycles. The van der Waals surface area contributed by atoms with Crippen molar-refractivity contribution in [2.45, 2.75) is 252 Å². The summed E-state index contributed by atoms with van der Waals surface area (Å²) < 4.78 is 12.0. The summed E-state index contributed by atoms with van der Waals surface area (Å²) >= 11 is 0. The van der Waals surface area contributed by atoms with Crippen LogP contribution in [0.5, 0.6) is 0 Å². The molecule has 0 saturated heterocycles. The molecule has 6 nitrogen and oxygen atoms in total. The lowest BCUT2D eigenvalue weighted by molar-refractivity contribution is -0.151. The van der Waals surface area contributed by atoms with E-state index >= 15 is 0 Å². The Balaban J connectivity index is 4.31. The maximum absolute atomic E-state index is 12.7. The van der Waals surface area contributed by atoms with E-state index in [1.807, 2.05) is 0 Å². The molecule has 1 N–H and O–H groups in total. The van der Waals surface area contributed by atoms with E-state index in [1.165, 1.54) is 122 Å². The zero-order valence-corrected chi connectivity index (χ0v) is 34.8. The van der Waals surface area contributed by atoms with Crippen LogP contribution in [0.4, 0.5) is 0 Å². The topological polar surface area (TPSA) is 76.1 Å². The first-order chi connectivity index (χ1) is 25.0. The molecule has 0 rings (SSSR count). The van der Waals surface area contributed by atoms with Crippen molar-refractivity contribution in [3.05, 3.63) is 0 Å². The summed E-state index contributed by atoms with van der Waals surface area (Å²) in [6.45, 7) is 11.5. The summed E-state index contributed by atoms with van der Waals surface area (Å²) in [6, 6.07) is 0. The van der Waals surface area contributed by atoms with Crippen LogP contribution in [0.15, 0.2) is 0 Å². The van der Waals surface area contributed by atoms with Gasteiger partial charge in [-0.15, -0.1) is 0 Å². The third kappa shape index (κ3) is 35.6. The molecular formula is C45H89NO5. The lowest BCUT2D eigenvalue weighted by Gasteiger charge is -2.22. The minimum Gasteiger partial charge on any atom is -0.462 e. The van der Waals surface area contributed by atoms with Crippen LogP contribution in [0.2, 0.25) is 0 Å². The average Bonchev–Trinajstić information content (AvgIpc) is 3.12. The molecule has 0 fully saturated rings. The number of nitrogens with zero attached hydrogens (tertiary/aromatic N) is 1.